The molecule has 1 atom stereocenters. The summed E-state index contributed by atoms with van der Waals surface area (Å²) in [5, 5.41) is 0. The molecule has 3 rings (SSSR count). The van der Waals surface area contributed by atoms with Gasteiger partial charge >= 0.3 is 5.97 Å². The van der Waals surface area contributed by atoms with Crippen LogP contribution in [0.1, 0.15) is 12.5 Å². The van der Waals surface area contributed by atoms with Crippen LogP contribution in [0.25, 0.3) is 0 Å². The lowest BCUT2D eigenvalue weighted by atomic mass is 10.2. The van der Waals surface area contributed by atoms with Crippen molar-refractivity contribution in [3.63, 3.8) is 0 Å². The third-order valence-electron chi connectivity index (χ3n) is 4.69. The summed E-state index contributed by atoms with van der Waals surface area (Å²) < 4.78 is 5.25. The van der Waals surface area contributed by atoms with Crippen LogP contribution in [-0.2, 0) is 20.1 Å². The van der Waals surface area contributed by atoms with Crippen molar-refractivity contribution in [1.29, 1.82) is 0 Å². The number of piperazine rings is 1. The van der Waals surface area contributed by atoms with Gasteiger partial charge in [-0.25, -0.2) is 9.97 Å². The number of benzene rings is 1. The van der Waals surface area contributed by atoms with Crippen molar-refractivity contribution in [2.24, 2.45) is 5.92 Å². The van der Waals surface area contributed by atoms with Gasteiger partial charge < -0.3 is 14.5 Å². The fourth-order valence-electron chi connectivity index (χ4n) is 2.97. The molecule has 8 heteroatoms. The molecule has 0 radical (unpaired) electrons. The van der Waals surface area contributed by atoms with Crippen molar-refractivity contribution in [3.05, 3.63) is 54.4 Å². The van der Waals surface area contributed by atoms with E-state index < -0.39 is 0 Å². The first kappa shape index (κ1) is 21.1. The van der Waals surface area contributed by atoms with E-state index in [0.29, 0.717) is 37.9 Å². The number of rotatable bonds is 8. The second kappa shape index (κ2) is 10.8. The van der Waals surface area contributed by atoms with Gasteiger partial charge in [0.05, 0.1) is 5.92 Å². The molecule has 154 valence electrons. The first-order chi connectivity index (χ1) is 14.1. The Morgan fingerprint density at radius 2 is 1.76 bits per heavy atom. The maximum absolute atomic E-state index is 12.4. The van der Waals surface area contributed by atoms with Gasteiger partial charge in [0.25, 0.3) is 5.91 Å². The van der Waals surface area contributed by atoms with Gasteiger partial charge in [-0.3, -0.25) is 9.59 Å². The number of thioether (sulfide) groups is 1. The number of carbonyl (C=O) groups excluding carboxylic acids is 2. The summed E-state index contributed by atoms with van der Waals surface area (Å²) in [6.07, 6.45) is 3.41. The third kappa shape index (κ3) is 6.45. The van der Waals surface area contributed by atoms with Crippen LogP contribution in [0.4, 0.5) is 5.95 Å². The molecule has 1 aromatic heterocycles. The highest BCUT2D eigenvalue weighted by Crippen LogP contribution is 2.16. The van der Waals surface area contributed by atoms with Crippen LogP contribution < -0.4 is 4.90 Å². The summed E-state index contributed by atoms with van der Waals surface area (Å²) in [5.41, 5.74) is 1.23. The molecule has 1 amide bonds. The molecule has 1 aromatic carbocycles. The average molecular weight is 415 g/mol. The van der Waals surface area contributed by atoms with Crippen molar-refractivity contribution in [2.75, 3.05) is 43.4 Å². The van der Waals surface area contributed by atoms with Crippen LogP contribution in [0.2, 0.25) is 0 Å². The molecule has 2 aromatic rings. The Hall–Kier alpha value is -2.61. The molecule has 1 saturated heterocycles. The molecule has 1 aliphatic heterocycles. The van der Waals surface area contributed by atoms with Crippen molar-refractivity contribution in [1.82, 2.24) is 14.9 Å². The van der Waals surface area contributed by atoms with Crippen molar-refractivity contribution in [3.8, 4) is 0 Å². The lowest BCUT2D eigenvalue weighted by molar-refractivity contribution is -0.154. The summed E-state index contributed by atoms with van der Waals surface area (Å²) in [6, 6.07) is 11.9. The molecule has 0 spiro atoms. The van der Waals surface area contributed by atoms with E-state index in [1.54, 1.807) is 35.1 Å². The van der Waals surface area contributed by atoms with Gasteiger partial charge in [-0.2, -0.15) is 11.8 Å². The average Bonchev–Trinajstić information content (AvgIpc) is 2.78. The number of amides is 1. The van der Waals surface area contributed by atoms with E-state index in [0.717, 1.165) is 5.75 Å². The van der Waals surface area contributed by atoms with Gasteiger partial charge in [0, 0.05) is 50.1 Å². The van der Waals surface area contributed by atoms with Crippen molar-refractivity contribution < 1.29 is 14.3 Å². The normalized spacial score (nSPS) is 15.1. The Bertz CT molecular complexity index is 783. The first-order valence-corrected chi connectivity index (χ1v) is 10.9. The highest BCUT2D eigenvalue weighted by atomic mass is 32.2. The molecule has 0 unspecified atom stereocenters. The summed E-state index contributed by atoms with van der Waals surface area (Å²) in [4.78, 5) is 36.8. The third-order valence-corrected chi connectivity index (χ3v) is 5.96. The second-order valence-electron chi connectivity index (χ2n) is 6.93. The zero-order valence-corrected chi connectivity index (χ0v) is 17.4. The molecule has 0 bridgehead atoms. The van der Waals surface area contributed by atoms with Crippen LogP contribution >= 0.6 is 11.8 Å². The molecule has 1 aliphatic rings. The van der Waals surface area contributed by atoms with Gasteiger partial charge in [-0.15, -0.1) is 0 Å². The highest BCUT2D eigenvalue weighted by molar-refractivity contribution is 7.98. The fraction of sp³-hybridized carbons (Fsp3) is 0.429. The Balaban J connectivity index is 1.34. The predicted molar refractivity (Wildman–Crippen MR) is 114 cm³/mol. The predicted octanol–water partition coefficient (Wildman–Crippen LogP) is 2.24. The number of hydrogen-bond donors (Lipinski definition) is 0. The van der Waals surface area contributed by atoms with Gasteiger partial charge in [0.2, 0.25) is 5.95 Å². The molecule has 1 fully saturated rings. The summed E-state index contributed by atoms with van der Waals surface area (Å²) in [7, 11) is 0. The van der Waals surface area contributed by atoms with E-state index >= 15 is 0 Å². The topological polar surface area (TPSA) is 75.6 Å². The number of hydrogen-bond acceptors (Lipinski definition) is 7. The number of esters is 1. The smallest absolute Gasteiger partial charge is 0.309 e. The van der Waals surface area contributed by atoms with Crippen molar-refractivity contribution >= 4 is 29.6 Å². The molecule has 0 saturated carbocycles. The number of aromatic nitrogens is 2. The highest BCUT2D eigenvalue weighted by Gasteiger charge is 2.24. The number of carbonyl (C=O) groups is 2. The van der Waals surface area contributed by atoms with Crippen molar-refractivity contribution in [2.45, 2.75) is 12.7 Å². The summed E-state index contributed by atoms with van der Waals surface area (Å²) in [6.45, 7) is 4.10. The van der Waals surface area contributed by atoms with Gasteiger partial charge in [0.1, 0.15) is 0 Å². The molecule has 7 nitrogen and oxygen atoms in total. The fourth-order valence-corrected chi connectivity index (χ4v) is 4.01. The SMILES string of the molecule is C[C@H](CSCc1ccccc1)C(=O)OCC(=O)N1CCN(c2ncccn2)CC1. The first-order valence-electron chi connectivity index (χ1n) is 9.71. The quantitative estimate of drug-likeness (QED) is 0.613. The van der Waals surface area contributed by atoms with Gasteiger partial charge in [0.15, 0.2) is 6.61 Å². The summed E-state index contributed by atoms with van der Waals surface area (Å²) >= 11 is 1.69. The minimum Gasteiger partial charge on any atom is -0.455 e. The van der Waals surface area contributed by atoms with Gasteiger partial charge in [-0.05, 0) is 11.6 Å². The molecular weight excluding hydrogens is 388 g/mol. The molecule has 0 aliphatic carbocycles. The number of nitrogens with zero attached hydrogens (tertiary/aromatic N) is 4. The molecular formula is C21H26N4O3S. The van der Waals surface area contributed by atoms with E-state index in [1.807, 2.05) is 30.0 Å². The Labute approximate surface area is 175 Å². The lowest BCUT2D eigenvalue weighted by Crippen LogP contribution is -2.50. The summed E-state index contributed by atoms with van der Waals surface area (Å²) in [5.74, 6) is 1.47. The standard InChI is InChI=1S/C21H26N4O3S/c1-17(15-29-16-18-6-3-2-4-7-18)20(27)28-14-19(26)24-10-12-25(13-11-24)21-22-8-5-9-23-21/h2-9,17H,10-16H2,1H3/t17-/m1/s1. The molecule has 29 heavy (non-hydrogen) atoms. The van der Waals surface area contributed by atoms with E-state index in [-0.39, 0.29) is 24.4 Å². The minimum atomic E-state index is -0.324. The number of anilines is 1. The monoisotopic (exact) mass is 414 g/mol. The van der Waals surface area contributed by atoms with E-state index in [2.05, 4.69) is 22.1 Å². The van der Waals surface area contributed by atoms with Crippen LogP contribution in [0.15, 0.2) is 48.8 Å². The van der Waals surface area contributed by atoms with Crippen LogP contribution in [0, 0.1) is 5.92 Å². The maximum Gasteiger partial charge on any atom is 0.309 e. The molecule has 2 heterocycles. The maximum atomic E-state index is 12.4. The van der Waals surface area contributed by atoms with Crippen LogP contribution in [0.3, 0.4) is 0 Å². The zero-order valence-electron chi connectivity index (χ0n) is 16.6. The van der Waals surface area contributed by atoms with E-state index in [4.69, 9.17) is 4.74 Å². The molecule has 0 N–H and O–H groups in total. The Kier molecular flexibility index (Phi) is 7.86. The Morgan fingerprint density at radius 1 is 1.07 bits per heavy atom. The largest absolute Gasteiger partial charge is 0.455 e. The van der Waals surface area contributed by atoms with Gasteiger partial charge in [-0.1, -0.05) is 37.3 Å². The van der Waals surface area contributed by atoms with Crippen LogP contribution in [-0.4, -0.2) is 65.3 Å². The second-order valence-corrected chi connectivity index (χ2v) is 7.96. The minimum absolute atomic E-state index is 0.156. The lowest BCUT2D eigenvalue weighted by Gasteiger charge is -2.34. The zero-order chi connectivity index (χ0) is 20.5. The van der Waals surface area contributed by atoms with Crippen LogP contribution in [0.5, 0.6) is 0 Å². The Morgan fingerprint density at radius 3 is 2.45 bits per heavy atom. The number of ether oxygens (including phenoxy) is 1. The van der Waals surface area contributed by atoms with E-state index in [1.165, 1.54) is 5.56 Å². The van der Waals surface area contributed by atoms with E-state index in [9.17, 15) is 9.59 Å².